The molecule has 2 aromatic carbocycles. The Kier molecular flexibility index (Phi) is 6.48. The van der Waals surface area contributed by atoms with Gasteiger partial charge < -0.3 is 5.32 Å². The molecule has 176 valence electrons. The van der Waals surface area contributed by atoms with E-state index in [0.29, 0.717) is 11.8 Å². The third-order valence-corrected chi connectivity index (χ3v) is 8.05. The molecule has 0 radical (unpaired) electrons. The minimum absolute atomic E-state index is 0.114. The molecular formula is C27H30N4O2S. The van der Waals surface area contributed by atoms with Crippen LogP contribution in [0.15, 0.2) is 59.4 Å². The lowest BCUT2D eigenvalue weighted by atomic mass is 10.0. The van der Waals surface area contributed by atoms with Crippen LogP contribution in [0.2, 0.25) is 0 Å². The van der Waals surface area contributed by atoms with Gasteiger partial charge in [-0.2, -0.15) is 5.10 Å². The van der Waals surface area contributed by atoms with Crippen LogP contribution in [0.5, 0.6) is 0 Å². The Morgan fingerprint density at radius 3 is 2.56 bits per heavy atom. The summed E-state index contributed by atoms with van der Waals surface area (Å²) in [5.74, 6) is -0.114. The number of carbonyl (C=O) groups is 1. The van der Waals surface area contributed by atoms with Gasteiger partial charge in [0.15, 0.2) is 0 Å². The minimum atomic E-state index is -0.614. The fraction of sp³-hybridized carbons (Fsp3) is 0.370. The number of hydrogen-bond acceptors (Lipinski definition) is 5. The lowest BCUT2D eigenvalue weighted by Crippen LogP contribution is -2.47. The fourth-order valence-electron chi connectivity index (χ4n) is 4.93. The SMILES string of the molecule is CC[C@H](C(=O)NC1CCN(Cc2ccccc2)CC1)n1nc(C)c2sc3ccccc3c2c1=O. The van der Waals surface area contributed by atoms with E-state index in [1.54, 1.807) is 11.3 Å². The number of aromatic nitrogens is 2. The van der Waals surface area contributed by atoms with Crippen LogP contribution in [-0.2, 0) is 11.3 Å². The topological polar surface area (TPSA) is 67.2 Å². The average molecular weight is 475 g/mol. The zero-order valence-electron chi connectivity index (χ0n) is 19.7. The van der Waals surface area contributed by atoms with Crippen LogP contribution < -0.4 is 10.9 Å². The van der Waals surface area contributed by atoms with Crippen LogP contribution >= 0.6 is 11.3 Å². The first-order chi connectivity index (χ1) is 16.5. The molecule has 34 heavy (non-hydrogen) atoms. The summed E-state index contributed by atoms with van der Waals surface area (Å²) in [5, 5.41) is 9.41. The largest absolute Gasteiger partial charge is 0.351 e. The van der Waals surface area contributed by atoms with Crippen molar-refractivity contribution in [2.45, 2.75) is 51.7 Å². The second-order valence-corrected chi connectivity index (χ2v) is 10.2. The number of likely N-dealkylation sites (tertiary alicyclic amines) is 1. The summed E-state index contributed by atoms with van der Waals surface area (Å²) in [5.41, 5.74) is 1.92. The fourth-order valence-corrected chi connectivity index (χ4v) is 6.07. The van der Waals surface area contributed by atoms with Crippen LogP contribution in [0.4, 0.5) is 0 Å². The van der Waals surface area contributed by atoms with Crippen molar-refractivity contribution in [3.8, 4) is 0 Å². The molecule has 0 spiro atoms. The van der Waals surface area contributed by atoms with Gasteiger partial charge in [-0.25, -0.2) is 4.68 Å². The normalized spacial score (nSPS) is 16.2. The maximum Gasteiger partial charge on any atom is 0.276 e. The van der Waals surface area contributed by atoms with Gasteiger partial charge in [-0.3, -0.25) is 14.5 Å². The van der Waals surface area contributed by atoms with E-state index in [1.165, 1.54) is 10.2 Å². The van der Waals surface area contributed by atoms with Gasteiger partial charge in [0, 0.05) is 35.8 Å². The van der Waals surface area contributed by atoms with Gasteiger partial charge >= 0.3 is 0 Å². The lowest BCUT2D eigenvalue weighted by molar-refractivity contribution is -0.125. The van der Waals surface area contributed by atoms with Gasteiger partial charge in [-0.05, 0) is 37.8 Å². The van der Waals surface area contributed by atoms with E-state index in [4.69, 9.17) is 0 Å². The molecule has 0 unspecified atom stereocenters. The van der Waals surface area contributed by atoms with Gasteiger partial charge in [-0.1, -0.05) is 55.5 Å². The summed E-state index contributed by atoms with van der Waals surface area (Å²) in [6.45, 7) is 6.68. The minimum Gasteiger partial charge on any atom is -0.351 e. The van der Waals surface area contributed by atoms with Crippen LogP contribution in [0.25, 0.3) is 20.2 Å². The molecule has 4 aromatic rings. The second kappa shape index (κ2) is 9.68. The van der Waals surface area contributed by atoms with E-state index in [0.717, 1.165) is 53.0 Å². The van der Waals surface area contributed by atoms with Crippen molar-refractivity contribution in [2.24, 2.45) is 0 Å². The monoisotopic (exact) mass is 474 g/mol. The number of benzene rings is 2. The first-order valence-corrected chi connectivity index (χ1v) is 12.8. The van der Waals surface area contributed by atoms with E-state index >= 15 is 0 Å². The molecule has 0 aliphatic carbocycles. The van der Waals surface area contributed by atoms with E-state index < -0.39 is 6.04 Å². The predicted octanol–water partition coefficient (Wildman–Crippen LogP) is 4.65. The van der Waals surface area contributed by atoms with Crippen LogP contribution in [0.3, 0.4) is 0 Å². The van der Waals surface area contributed by atoms with Crippen molar-refractivity contribution < 1.29 is 4.79 Å². The third-order valence-electron chi connectivity index (χ3n) is 6.77. The Morgan fingerprint density at radius 1 is 1.12 bits per heavy atom. The highest BCUT2D eigenvalue weighted by Gasteiger charge is 2.27. The summed E-state index contributed by atoms with van der Waals surface area (Å²) in [7, 11) is 0. The van der Waals surface area contributed by atoms with Crippen molar-refractivity contribution >= 4 is 37.4 Å². The predicted molar refractivity (Wildman–Crippen MR) is 138 cm³/mol. The summed E-state index contributed by atoms with van der Waals surface area (Å²) in [6.07, 6.45) is 2.33. The number of amides is 1. The molecule has 0 bridgehead atoms. The molecule has 1 fully saturated rings. The quantitative estimate of drug-likeness (QED) is 0.442. The third kappa shape index (κ3) is 4.38. The number of nitrogens with one attached hydrogen (secondary N) is 1. The molecular weight excluding hydrogens is 444 g/mol. The highest BCUT2D eigenvalue weighted by Crippen LogP contribution is 2.33. The van der Waals surface area contributed by atoms with E-state index in [2.05, 4.69) is 39.6 Å². The molecule has 3 heterocycles. The summed E-state index contributed by atoms with van der Waals surface area (Å²) in [4.78, 5) is 29.2. The molecule has 1 amide bonds. The highest BCUT2D eigenvalue weighted by molar-refractivity contribution is 7.26. The Morgan fingerprint density at radius 2 is 1.82 bits per heavy atom. The maximum atomic E-state index is 13.5. The Bertz CT molecular complexity index is 1370. The summed E-state index contributed by atoms with van der Waals surface area (Å²) < 4.78 is 3.39. The summed E-state index contributed by atoms with van der Waals surface area (Å²) in [6, 6.07) is 17.9. The lowest BCUT2D eigenvalue weighted by Gasteiger charge is -2.33. The number of carbonyl (C=O) groups excluding carboxylic acids is 1. The van der Waals surface area contributed by atoms with Gasteiger partial charge in [-0.15, -0.1) is 11.3 Å². The van der Waals surface area contributed by atoms with E-state index in [-0.39, 0.29) is 17.5 Å². The van der Waals surface area contributed by atoms with Crippen molar-refractivity contribution in [3.63, 3.8) is 0 Å². The van der Waals surface area contributed by atoms with Crippen molar-refractivity contribution in [3.05, 3.63) is 76.2 Å². The van der Waals surface area contributed by atoms with Crippen molar-refractivity contribution in [1.82, 2.24) is 20.0 Å². The van der Waals surface area contributed by atoms with Crippen LogP contribution in [0.1, 0.15) is 43.5 Å². The maximum absolute atomic E-state index is 13.5. The van der Waals surface area contributed by atoms with Crippen molar-refractivity contribution in [2.75, 3.05) is 13.1 Å². The molecule has 1 saturated heterocycles. The van der Waals surface area contributed by atoms with Gasteiger partial charge in [0.25, 0.3) is 5.56 Å². The van der Waals surface area contributed by atoms with Gasteiger partial charge in [0.05, 0.1) is 15.8 Å². The molecule has 5 rings (SSSR count). The Labute approximate surface area is 203 Å². The van der Waals surface area contributed by atoms with Gasteiger partial charge in [0.1, 0.15) is 6.04 Å². The van der Waals surface area contributed by atoms with Crippen molar-refractivity contribution in [1.29, 1.82) is 0 Å². The van der Waals surface area contributed by atoms with E-state index in [9.17, 15) is 9.59 Å². The molecule has 6 nitrogen and oxygen atoms in total. The molecule has 1 aliphatic rings. The second-order valence-electron chi connectivity index (χ2n) is 9.11. The van der Waals surface area contributed by atoms with E-state index in [1.807, 2.05) is 44.2 Å². The zero-order valence-corrected chi connectivity index (χ0v) is 20.5. The number of nitrogens with zero attached hydrogens (tertiary/aromatic N) is 3. The number of piperidine rings is 1. The molecule has 1 N–H and O–H groups in total. The molecule has 0 saturated carbocycles. The number of hydrogen-bond donors (Lipinski definition) is 1. The van der Waals surface area contributed by atoms with Crippen LogP contribution in [0, 0.1) is 6.92 Å². The Hall–Kier alpha value is -3.03. The standard InChI is InChI=1S/C27H30N4O2S/c1-3-22(26(32)28-20-13-15-30(16-14-20)17-19-9-5-4-6-10-19)31-27(33)24-21-11-7-8-12-23(21)34-25(24)18(2)29-31/h4-12,20,22H,3,13-17H2,1-2H3,(H,28,32)/t22-/m1/s1. The molecule has 2 aromatic heterocycles. The first-order valence-electron chi connectivity index (χ1n) is 12.0. The highest BCUT2D eigenvalue weighted by atomic mass is 32.1. The van der Waals surface area contributed by atoms with Gasteiger partial charge in [0.2, 0.25) is 5.91 Å². The average Bonchev–Trinajstić information content (AvgIpc) is 3.25. The first kappa shape index (κ1) is 22.7. The van der Waals surface area contributed by atoms with Crippen LogP contribution in [-0.4, -0.2) is 39.7 Å². The summed E-state index contributed by atoms with van der Waals surface area (Å²) >= 11 is 1.59. The zero-order chi connectivity index (χ0) is 23.7. The number of aryl methyl sites for hydroxylation is 1. The number of fused-ring (bicyclic) bond motifs is 3. The molecule has 7 heteroatoms. The smallest absolute Gasteiger partial charge is 0.276 e. The number of thiophene rings is 1. The molecule has 1 aliphatic heterocycles. The Balaban J connectivity index is 1.32. The molecule has 1 atom stereocenters. The number of rotatable bonds is 6.